The molecule has 0 amide bonds. The van der Waals surface area contributed by atoms with E-state index in [1.54, 1.807) is 18.2 Å². The summed E-state index contributed by atoms with van der Waals surface area (Å²) in [6.07, 6.45) is -1.32. The minimum Gasteiger partial charge on any atom is -0.383 e. The highest BCUT2D eigenvalue weighted by molar-refractivity contribution is 9.10. The maximum absolute atomic E-state index is 13.8. The first-order valence-corrected chi connectivity index (χ1v) is 6.66. The molecule has 1 nitrogen and oxygen atoms in total. The third kappa shape index (κ3) is 2.81. The summed E-state index contributed by atoms with van der Waals surface area (Å²) in [7, 11) is 0. The summed E-state index contributed by atoms with van der Waals surface area (Å²) in [4.78, 5) is 0. The molecule has 2 aromatic rings. The fraction of sp³-hybridized carbons (Fsp3) is 0.143. The molecule has 1 N–H and O–H groups in total. The summed E-state index contributed by atoms with van der Waals surface area (Å²) in [6, 6.07) is 7.62. The topological polar surface area (TPSA) is 20.2 Å². The summed E-state index contributed by atoms with van der Waals surface area (Å²) < 4.78 is 28.1. The van der Waals surface area contributed by atoms with E-state index < -0.39 is 17.7 Å². The van der Waals surface area contributed by atoms with Crippen LogP contribution >= 0.6 is 27.5 Å². The van der Waals surface area contributed by atoms with Gasteiger partial charge in [0.1, 0.15) is 6.10 Å². The number of hydrogen-bond donors (Lipinski definition) is 1. The zero-order chi connectivity index (χ0) is 14.2. The first-order chi connectivity index (χ1) is 8.91. The zero-order valence-corrected chi connectivity index (χ0v) is 12.3. The largest absolute Gasteiger partial charge is 0.383 e. The van der Waals surface area contributed by atoms with Gasteiger partial charge in [-0.25, -0.2) is 8.78 Å². The van der Waals surface area contributed by atoms with Crippen molar-refractivity contribution in [2.24, 2.45) is 0 Å². The molecule has 2 rings (SSSR count). The van der Waals surface area contributed by atoms with Crippen LogP contribution in [0.1, 0.15) is 22.8 Å². The van der Waals surface area contributed by atoms with Gasteiger partial charge in [-0.3, -0.25) is 0 Å². The van der Waals surface area contributed by atoms with Crippen molar-refractivity contribution in [2.45, 2.75) is 13.0 Å². The minimum atomic E-state index is -1.32. The van der Waals surface area contributed by atoms with Gasteiger partial charge in [-0.05, 0) is 30.7 Å². The Morgan fingerprint density at radius 1 is 1.11 bits per heavy atom. The quantitative estimate of drug-likeness (QED) is 0.829. The number of hydrogen-bond acceptors (Lipinski definition) is 1. The van der Waals surface area contributed by atoms with Crippen molar-refractivity contribution >= 4 is 27.5 Å². The van der Waals surface area contributed by atoms with Crippen LogP contribution < -0.4 is 0 Å². The van der Waals surface area contributed by atoms with Crippen molar-refractivity contribution in [3.8, 4) is 0 Å². The predicted octanol–water partition coefficient (Wildman–Crippen LogP) is 4.77. The molecule has 0 saturated carbocycles. The first kappa shape index (κ1) is 14.4. The molecule has 0 spiro atoms. The Balaban J connectivity index is 2.53. The standard InChI is InChI=1S/C14H10BrClF2O/c1-7-2-4-9(13(18)12(7)17)14(19)10-6-8(15)3-5-11(10)16/h2-6,14,19H,1H3. The maximum atomic E-state index is 13.8. The molecule has 2 aromatic carbocycles. The van der Waals surface area contributed by atoms with Gasteiger partial charge >= 0.3 is 0 Å². The second-order valence-corrected chi connectivity index (χ2v) is 5.49. The molecule has 0 heterocycles. The number of benzene rings is 2. The molecule has 1 atom stereocenters. The lowest BCUT2D eigenvalue weighted by Crippen LogP contribution is -2.06. The number of rotatable bonds is 2. The van der Waals surface area contributed by atoms with E-state index in [9.17, 15) is 13.9 Å². The summed E-state index contributed by atoms with van der Waals surface area (Å²) in [6.45, 7) is 1.46. The van der Waals surface area contributed by atoms with Gasteiger partial charge in [0.15, 0.2) is 11.6 Å². The Labute approximate surface area is 123 Å². The van der Waals surface area contributed by atoms with Crippen molar-refractivity contribution in [1.82, 2.24) is 0 Å². The predicted molar refractivity (Wildman–Crippen MR) is 74.3 cm³/mol. The molecular formula is C14H10BrClF2O. The lowest BCUT2D eigenvalue weighted by molar-refractivity contribution is 0.213. The van der Waals surface area contributed by atoms with Gasteiger partial charge < -0.3 is 5.11 Å². The molecule has 0 fully saturated rings. The Bertz CT molecular complexity index is 631. The van der Waals surface area contributed by atoms with E-state index in [2.05, 4.69) is 15.9 Å². The average Bonchev–Trinajstić information content (AvgIpc) is 2.38. The van der Waals surface area contributed by atoms with Crippen LogP contribution in [0.15, 0.2) is 34.8 Å². The van der Waals surface area contributed by atoms with E-state index in [0.29, 0.717) is 10.0 Å². The third-order valence-electron chi connectivity index (χ3n) is 2.85. The second-order valence-electron chi connectivity index (χ2n) is 4.17. The Morgan fingerprint density at radius 2 is 1.79 bits per heavy atom. The summed E-state index contributed by atoms with van der Waals surface area (Å²) in [5, 5.41) is 10.5. The van der Waals surface area contributed by atoms with E-state index >= 15 is 0 Å². The molecule has 1 unspecified atom stereocenters. The van der Waals surface area contributed by atoms with Crippen LogP contribution in [0.2, 0.25) is 5.02 Å². The fourth-order valence-corrected chi connectivity index (χ4v) is 2.36. The molecule has 100 valence electrons. The van der Waals surface area contributed by atoms with Crippen LogP contribution in [-0.4, -0.2) is 5.11 Å². The lowest BCUT2D eigenvalue weighted by atomic mass is 9.99. The van der Waals surface area contributed by atoms with Crippen molar-refractivity contribution in [3.63, 3.8) is 0 Å². The van der Waals surface area contributed by atoms with Crippen LogP contribution in [0.3, 0.4) is 0 Å². The second kappa shape index (κ2) is 5.57. The number of aliphatic hydroxyl groups excluding tert-OH is 1. The number of halogens is 4. The van der Waals surface area contributed by atoms with Crippen molar-refractivity contribution in [3.05, 3.63) is 68.2 Å². The highest BCUT2D eigenvalue weighted by atomic mass is 79.9. The molecular weight excluding hydrogens is 338 g/mol. The van der Waals surface area contributed by atoms with E-state index in [1.807, 2.05) is 0 Å². The van der Waals surface area contributed by atoms with Gasteiger partial charge in [0.25, 0.3) is 0 Å². The zero-order valence-electron chi connectivity index (χ0n) is 9.92. The molecule has 0 radical (unpaired) electrons. The molecule has 0 bridgehead atoms. The number of aliphatic hydroxyl groups is 1. The molecule has 0 saturated heterocycles. The van der Waals surface area contributed by atoms with Gasteiger partial charge in [0.05, 0.1) is 0 Å². The van der Waals surface area contributed by atoms with E-state index in [0.717, 1.165) is 0 Å². The van der Waals surface area contributed by atoms with E-state index in [-0.39, 0.29) is 16.1 Å². The smallest absolute Gasteiger partial charge is 0.165 e. The van der Waals surface area contributed by atoms with Crippen LogP contribution in [-0.2, 0) is 0 Å². The van der Waals surface area contributed by atoms with Crippen LogP contribution in [0.4, 0.5) is 8.78 Å². The SMILES string of the molecule is Cc1ccc(C(O)c2cc(Br)ccc2Cl)c(F)c1F. The first-order valence-electron chi connectivity index (χ1n) is 5.49. The van der Waals surface area contributed by atoms with Crippen LogP contribution in [0, 0.1) is 18.6 Å². The lowest BCUT2D eigenvalue weighted by Gasteiger charge is -2.15. The molecule has 0 aliphatic carbocycles. The van der Waals surface area contributed by atoms with Gasteiger partial charge in [-0.2, -0.15) is 0 Å². The van der Waals surface area contributed by atoms with Crippen molar-refractivity contribution in [1.29, 1.82) is 0 Å². The third-order valence-corrected chi connectivity index (χ3v) is 3.69. The number of aryl methyl sites for hydroxylation is 1. The van der Waals surface area contributed by atoms with E-state index in [1.165, 1.54) is 19.1 Å². The van der Waals surface area contributed by atoms with Crippen LogP contribution in [0.5, 0.6) is 0 Å². The Hall–Kier alpha value is -0.970. The van der Waals surface area contributed by atoms with E-state index in [4.69, 9.17) is 11.6 Å². The molecule has 0 aliphatic heterocycles. The molecule has 0 aromatic heterocycles. The maximum Gasteiger partial charge on any atom is 0.165 e. The Kier molecular flexibility index (Phi) is 4.23. The summed E-state index contributed by atoms with van der Waals surface area (Å²) in [5.41, 5.74) is 0.370. The molecule has 19 heavy (non-hydrogen) atoms. The molecule has 5 heteroatoms. The summed E-state index contributed by atoms with van der Waals surface area (Å²) in [5.74, 6) is -2.01. The highest BCUT2D eigenvalue weighted by Gasteiger charge is 2.21. The Morgan fingerprint density at radius 3 is 2.47 bits per heavy atom. The van der Waals surface area contributed by atoms with Gasteiger partial charge in [0, 0.05) is 20.6 Å². The monoisotopic (exact) mass is 346 g/mol. The highest BCUT2D eigenvalue weighted by Crippen LogP contribution is 2.32. The fourth-order valence-electron chi connectivity index (χ4n) is 1.76. The summed E-state index contributed by atoms with van der Waals surface area (Å²) >= 11 is 9.21. The van der Waals surface area contributed by atoms with Crippen molar-refractivity contribution < 1.29 is 13.9 Å². The van der Waals surface area contributed by atoms with Gasteiger partial charge in [-0.15, -0.1) is 0 Å². The van der Waals surface area contributed by atoms with Gasteiger partial charge in [-0.1, -0.05) is 39.7 Å². The minimum absolute atomic E-state index is 0.136. The normalized spacial score (nSPS) is 12.5. The van der Waals surface area contributed by atoms with Crippen LogP contribution in [0.25, 0.3) is 0 Å². The van der Waals surface area contributed by atoms with Crippen molar-refractivity contribution in [2.75, 3.05) is 0 Å². The molecule has 0 aliphatic rings. The average molecular weight is 348 g/mol. The van der Waals surface area contributed by atoms with Gasteiger partial charge in [0.2, 0.25) is 0 Å².